The van der Waals surface area contributed by atoms with Gasteiger partial charge in [0.25, 0.3) is 0 Å². The van der Waals surface area contributed by atoms with Gasteiger partial charge < -0.3 is 5.32 Å². The molecule has 0 radical (unpaired) electrons. The van der Waals surface area contributed by atoms with E-state index in [-0.39, 0.29) is 11.9 Å². The number of carbonyl (C=O) groups excluding carboxylic acids is 1. The SMILES string of the molecule is CN(CC(=O)NC1CCSc2ccccc21)Cc1ccccc1. The van der Waals surface area contributed by atoms with E-state index in [2.05, 4.69) is 35.6 Å². The number of likely N-dealkylation sites (N-methyl/N-ethyl adjacent to an activating group) is 1. The highest BCUT2D eigenvalue weighted by Gasteiger charge is 2.22. The summed E-state index contributed by atoms with van der Waals surface area (Å²) in [5.74, 6) is 1.15. The van der Waals surface area contributed by atoms with E-state index in [1.54, 1.807) is 0 Å². The van der Waals surface area contributed by atoms with Crippen molar-refractivity contribution in [3.8, 4) is 0 Å². The lowest BCUT2D eigenvalue weighted by molar-refractivity contribution is -0.122. The highest BCUT2D eigenvalue weighted by Crippen LogP contribution is 2.35. The van der Waals surface area contributed by atoms with Gasteiger partial charge in [-0.05, 0) is 30.7 Å². The Balaban J connectivity index is 1.56. The van der Waals surface area contributed by atoms with Crippen LogP contribution in [0.15, 0.2) is 59.5 Å². The van der Waals surface area contributed by atoms with Gasteiger partial charge in [0, 0.05) is 17.2 Å². The van der Waals surface area contributed by atoms with Gasteiger partial charge >= 0.3 is 0 Å². The molecule has 2 aromatic rings. The van der Waals surface area contributed by atoms with Crippen LogP contribution in [0.25, 0.3) is 0 Å². The minimum atomic E-state index is 0.0927. The van der Waals surface area contributed by atoms with Crippen molar-refractivity contribution >= 4 is 17.7 Å². The number of benzene rings is 2. The molecule has 1 amide bonds. The Bertz CT molecular complexity index is 659. The van der Waals surface area contributed by atoms with Crippen LogP contribution in [-0.4, -0.2) is 30.2 Å². The number of rotatable bonds is 5. The van der Waals surface area contributed by atoms with Gasteiger partial charge in [-0.1, -0.05) is 48.5 Å². The van der Waals surface area contributed by atoms with Crippen molar-refractivity contribution < 1.29 is 4.79 Å². The van der Waals surface area contributed by atoms with Crippen molar-refractivity contribution in [1.82, 2.24) is 10.2 Å². The predicted molar refractivity (Wildman–Crippen MR) is 95.4 cm³/mol. The normalized spacial score (nSPS) is 16.9. The molecular formula is C19H22N2OS. The van der Waals surface area contributed by atoms with Gasteiger partial charge in [0.15, 0.2) is 0 Å². The molecule has 1 heterocycles. The fourth-order valence-electron chi connectivity index (χ4n) is 2.93. The maximum Gasteiger partial charge on any atom is 0.234 e. The summed E-state index contributed by atoms with van der Waals surface area (Å²) in [5.41, 5.74) is 2.48. The van der Waals surface area contributed by atoms with E-state index in [4.69, 9.17) is 0 Å². The fraction of sp³-hybridized carbons (Fsp3) is 0.316. The molecule has 3 rings (SSSR count). The fourth-order valence-corrected chi connectivity index (χ4v) is 4.05. The zero-order valence-corrected chi connectivity index (χ0v) is 14.2. The number of amides is 1. The average Bonchev–Trinajstić information content (AvgIpc) is 2.56. The van der Waals surface area contributed by atoms with E-state index >= 15 is 0 Å². The van der Waals surface area contributed by atoms with Crippen LogP contribution < -0.4 is 5.32 Å². The van der Waals surface area contributed by atoms with Crippen molar-refractivity contribution in [3.05, 3.63) is 65.7 Å². The highest BCUT2D eigenvalue weighted by atomic mass is 32.2. The summed E-state index contributed by atoms with van der Waals surface area (Å²) >= 11 is 1.87. The number of hydrogen-bond acceptors (Lipinski definition) is 3. The van der Waals surface area contributed by atoms with Crippen molar-refractivity contribution in [2.45, 2.75) is 23.9 Å². The van der Waals surface area contributed by atoms with Crippen LogP contribution in [-0.2, 0) is 11.3 Å². The molecule has 4 heteroatoms. The Morgan fingerprint density at radius 2 is 1.91 bits per heavy atom. The molecule has 1 unspecified atom stereocenters. The lowest BCUT2D eigenvalue weighted by Gasteiger charge is -2.27. The number of thioether (sulfide) groups is 1. The van der Waals surface area contributed by atoms with Gasteiger partial charge in [-0.15, -0.1) is 11.8 Å². The van der Waals surface area contributed by atoms with Crippen LogP contribution in [0.4, 0.5) is 0 Å². The van der Waals surface area contributed by atoms with Crippen molar-refractivity contribution in [1.29, 1.82) is 0 Å². The first-order chi connectivity index (χ1) is 11.2. The van der Waals surface area contributed by atoms with Gasteiger partial charge in [-0.3, -0.25) is 9.69 Å². The second-order valence-electron chi connectivity index (χ2n) is 5.95. The Hall–Kier alpha value is -1.78. The standard InChI is InChI=1S/C19H22N2OS/c1-21(13-15-7-3-2-4-8-15)14-19(22)20-17-11-12-23-18-10-6-5-9-16(17)18/h2-10,17H,11-14H2,1H3,(H,20,22). The summed E-state index contributed by atoms with van der Waals surface area (Å²) < 4.78 is 0. The van der Waals surface area contributed by atoms with E-state index in [1.807, 2.05) is 48.0 Å². The minimum Gasteiger partial charge on any atom is -0.348 e. The van der Waals surface area contributed by atoms with Crippen LogP contribution in [0, 0.1) is 0 Å². The quantitative estimate of drug-likeness (QED) is 0.913. The summed E-state index contributed by atoms with van der Waals surface area (Å²) in [6, 6.07) is 18.8. The van der Waals surface area contributed by atoms with Crippen LogP contribution in [0.5, 0.6) is 0 Å². The molecule has 120 valence electrons. The Kier molecular flexibility index (Phi) is 5.36. The first kappa shape index (κ1) is 16.1. The van der Waals surface area contributed by atoms with Crippen LogP contribution >= 0.6 is 11.8 Å². The predicted octanol–water partition coefficient (Wildman–Crippen LogP) is 3.47. The lowest BCUT2D eigenvalue weighted by Crippen LogP contribution is -2.38. The smallest absolute Gasteiger partial charge is 0.234 e. The summed E-state index contributed by atoms with van der Waals surface area (Å²) in [4.78, 5) is 15.7. The molecule has 0 aromatic heterocycles. The highest BCUT2D eigenvalue weighted by molar-refractivity contribution is 7.99. The molecule has 1 atom stereocenters. The van der Waals surface area contributed by atoms with E-state index in [0.29, 0.717) is 6.54 Å². The lowest BCUT2D eigenvalue weighted by atomic mass is 10.0. The van der Waals surface area contributed by atoms with E-state index in [1.165, 1.54) is 16.0 Å². The molecule has 1 N–H and O–H groups in total. The number of nitrogens with one attached hydrogen (secondary N) is 1. The summed E-state index contributed by atoms with van der Waals surface area (Å²) in [6.07, 6.45) is 0.996. The molecule has 0 fully saturated rings. The molecule has 0 saturated heterocycles. The van der Waals surface area contributed by atoms with Crippen LogP contribution in [0.2, 0.25) is 0 Å². The third-order valence-corrected chi connectivity index (χ3v) is 5.13. The van der Waals surface area contributed by atoms with Crippen LogP contribution in [0.1, 0.15) is 23.6 Å². The second-order valence-corrected chi connectivity index (χ2v) is 7.09. The topological polar surface area (TPSA) is 32.3 Å². The Morgan fingerprint density at radius 1 is 1.17 bits per heavy atom. The first-order valence-corrected chi connectivity index (χ1v) is 8.94. The molecule has 3 nitrogen and oxygen atoms in total. The summed E-state index contributed by atoms with van der Waals surface area (Å²) in [5, 5.41) is 3.20. The number of carbonyl (C=O) groups is 1. The molecule has 2 aromatic carbocycles. The third kappa shape index (κ3) is 4.36. The van der Waals surface area contributed by atoms with Crippen molar-refractivity contribution in [2.24, 2.45) is 0 Å². The van der Waals surface area contributed by atoms with Gasteiger partial charge in [0.05, 0.1) is 12.6 Å². The third-order valence-electron chi connectivity index (χ3n) is 4.00. The summed E-state index contributed by atoms with van der Waals surface area (Å²) in [7, 11) is 1.98. The van der Waals surface area contributed by atoms with Gasteiger partial charge in [-0.25, -0.2) is 0 Å². The number of hydrogen-bond donors (Lipinski definition) is 1. The molecule has 1 aliphatic heterocycles. The van der Waals surface area contributed by atoms with E-state index in [9.17, 15) is 4.79 Å². The Morgan fingerprint density at radius 3 is 2.74 bits per heavy atom. The second kappa shape index (κ2) is 7.66. The number of fused-ring (bicyclic) bond motifs is 1. The van der Waals surface area contributed by atoms with Gasteiger partial charge in [-0.2, -0.15) is 0 Å². The molecule has 1 aliphatic rings. The minimum absolute atomic E-state index is 0.0927. The molecular weight excluding hydrogens is 304 g/mol. The molecule has 23 heavy (non-hydrogen) atoms. The zero-order valence-electron chi connectivity index (χ0n) is 13.4. The molecule has 0 spiro atoms. The Labute approximate surface area is 142 Å². The maximum absolute atomic E-state index is 12.4. The molecule has 0 bridgehead atoms. The average molecular weight is 326 g/mol. The van der Waals surface area contributed by atoms with Gasteiger partial charge in [0.1, 0.15) is 0 Å². The van der Waals surface area contributed by atoms with Gasteiger partial charge in [0.2, 0.25) is 5.91 Å². The molecule has 0 saturated carbocycles. The zero-order chi connectivity index (χ0) is 16.1. The van der Waals surface area contributed by atoms with E-state index in [0.717, 1.165) is 18.7 Å². The largest absolute Gasteiger partial charge is 0.348 e. The summed E-state index contributed by atoms with van der Waals surface area (Å²) in [6.45, 7) is 1.20. The number of nitrogens with zero attached hydrogens (tertiary/aromatic N) is 1. The van der Waals surface area contributed by atoms with E-state index < -0.39 is 0 Å². The van der Waals surface area contributed by atoms with Crippen LogP contribution in [0.3, 0.4) is 0 Å². The molecule has 0 aliphatic carbocycles. The van der Waals surface area contributed by atoms with Crippen molar-refractivity contribution in [2.75, 3.05) is 19.3 Å². The van der Waals surface area contributed by atoms with Crippen molar-refractivity contribution in [3.63, 3.8) is 0 Å². The first-order valence-electron chi connectivity index (χ1n) is 7.96. The monoisotopic (exact) mass is 326 g/mol. The maximum atomic E-state index is 12.4.